The van der Waals surface area contributed by atoms with Gasteiger partial charge in [0.15, 0.2) is 0 Å². The third kappa shape index (κ3) is 4.90. The number of Topliss-reactive ketones (excluding diaryl/α,β-unsaturated/α-hetero) is 1. The molecule has 1 heterocycles. The fraction of sp³-hybridized carbons (Fsp3) is 0.286. The van der Waals surface area contributed by atoms with Crippen LogP contribution in [0, 0.1) is 0 Å². The number of methoxy groups -OCH3 is 1. The van der Waals surface area contributed by atoms with Crippen LogP contribution < -0.4 is 4.74 Å². The van der Waals surface area contributed by atoms with Gasteiger partial charge in [-0.2, -0.15) is 0 Å². The lowest BCUT2D eigenvalue weighted by Crippen LogP contribution is -2.38. The summed E-state index contributed by atoms with van der Waals surface area (Å²) in [7, 11) is 1.61. The maximum Gasteiger partial charge on any atom is 0.295 e. The minimum absolute atomic E-state index is 0.0877. The van der Waals surface area contributed by atoms with Crippen molar-refractivity contribution in [2.24, 2.45) is 0 Å². The van der Waals surface area contributed by atoms with E-state index in [1.54, 1.807) is 42.3 Å². The highest BCUT2D eigenvalue weighted by Crippen LogP contribution is 2.40. The van der Waals surface area contributed by atoms with Crippen LogP contribution in [-0.4, -0.2) is 59.9 Å². The first kappa shape index (κ1) is 24.8. The molecule has 0 radical (unpaired) electrons. The van der Waals surface area contributed by atoms with Crippen LogP contribution in [0.15, 0.2) is 66.2 Å². The number of ketones is 1. The van der Waals surface area contributed by atoms with Gasteiger partial charge < -0.3 is 19.6 Å². The van der Waals surface area contributed by atoms with Gasteiger partial charge in [-0.15, -0.1) is 0 Å². The fourth-order valence-electron chi connectivity index (χ4n) is 4.54. The Kier molecular flexibility index (Phi) is 7.43. The molecule has 0 bridgehead atoms. The number of aliphatic hydroxyl groups is 1. The first-order chi connectivity index (χ1) is 16.9. The van der Waals surface area contributed by atoms with Crippen LogP contribution in [0.4, 0.5) is 0 Å². The molecular weight excluding hydrogens is 464 g/mol. The molecule has 1 atom stereocenters. The summed E-state index contributed by atoms with van der Waals surface area (Å²) >= 11 is 6.10. The van der Waals surface area contributed by atoms with Gasteiger partial charge in [0.05, 0.1) is 18.7 Å². The number of rotatable bonds is 8. The number of amides is 1. The average Bonchev–Trinajstić information content (AvgIpc) is 3.13. The van der Waals surface area contributed by atoms with Gasteiger partial charge in [0, 0.05) is 23.7 Å². The zero-order chi connectivity index (χ0) is 25.1. The Balaban J connectivity index is 1.80. The highest BCUT2D eigenvalue weighted by Gasteiger charge is 2.45. The molecule has 1 fully saturated rings. The average molecular weight is 493 g/mol. The lowest BCUT2D eigenvalue weighted by atomic mass is 9.94. The monoisotopic (exact) mass is 492 g/mol. The van der Waals surface area contributed by atoms with E-state index in [1.807, 2.05) is 30.3 Å². The fourth-order valence-corrected chi connectivity index (χ4v) is 4.67. The van der Waals surface area contributed by atoms with E-state index in [-0.39, 0.29) is 11.3 Å². The van der Waals surface area contributed by atoms with E-state index >= 15 is 0 Å². The minimum atomic E-state index is -0.700. The lowest BCUT2D eigenvalue weighted by molar-refractivity contribution is -0.140. The molecule has 182 valence electrons. The first-order valence-electron chi connectivity index (χ1n) is 11.7. The molecule has 1 amide bonds. The summed E-state index contributed by atoms with van der Waals surface area (Å²) in [6, 6.07) is 17.4. The largest absolute Gasteiger partial charge is 0.507 e. The molecular formula is C28H29ClN2O4. The molecule has 3 aromatic carbocycles. The van der Waals surface area contributed by atoms with Crippen LogP contribution >= 0.6 is 11.6 Å². The predicted octanol–water partition coefficient (Wildman–Crippen LogP) is 5.27. The van der Waals surface area contributed by atoms with Crippen molar-refractivity contribution in [3.63, 3.8) is 0 Å². The first-order valence-corrected chi connectivity index (χ1v) is 12.1. The molecule has 0 aliphatic carbocycles. The Morgan fingerprint density at radius 1 is 1.00 bits per heavy atom. The molecule has 6 nitrogen and oxygen atoms in total. The molecule has 4 rings (SSSR count). The number of carbonyl (C=O) groups is 2. The van der Waals surface area contributed by atoms with Crippen molar-refractivity contribution in [1.29, 1.82) is 0 Å². The van der Waals surface area contributed by atoms with Crippen molar-refractivity contribution in [1.82, 2.24) is 9.80 Å². The Labute approximate surface area is 210 Å². The number of likely N-dealkylation sites (tertiary alicyclic amines) is 1. The molecule has 1 aliphatic heterocycles. The number of hydrogen-bond donors (Lipinski definition) is 1. The number of fused-ring (bicyclic) bond motifs is 1. The van der Waals surface area contributed by atoms with E-state index in [1.165, 1.54) is 0 Å². The van der Waals surface area contributed by atoms with E-state index in [0.29, 0.717) is 23.7 Å². The number of carbonyl (C=O) groups excluding carboxylic acids is 2. The molecule has 0 spiro atoms. The molecule has 0 aromatic heterocycles. The molecule has 7 heteroatoms. The Morgan fingerprint density at radius 3 is 2.31 bits per heavy atom. The molecule has 1 aliphatic rings. The van der Waals surface area contributed by atoms with E-state index in [2.05, 4.69) is 18.7 Å². The van der Waals surface area contributed by atoms with Gasteiger partial charge in [0.1, 0.15) is 11.5 Å². The standard InChI is InChI=1S/C28H29ClN2O4/c1-4-30(5-2)14-15-31-25(18-8-11-22(29)12-9-18)24(27(33)28(31)34)26(32)21-7-6-20-17-23(35-3)13-10-19(20)16-21/h6-13,16-17,25,32H,4-5,14-15H2,1-3H3/b26-24+. The molecule has 1 N–H and O–H groups in total. The van der Waals surface area contributed by atoms with Crippen molar-refractivity contribution in [3.8, 4) is 5.75 Å². The van der Waals surface area contributed by atoms with Gasteiger partial charge in [0.25, 0.3) is 11.7 Å². The molecule has 1 unspecified atom stereocenters. The summed E-state index contributed by atoms with van der Waals surface area (Å²) in [6.07, 6.45) is 0. The smallest absolute Gasteiger partial charge is 0.295 e. The summed E-state index contributed by atoms with van der Waals surface area (Å²) in [6.45, 7) is 6.80. The second-order valence-corrected chi connectivity index (χ2v) is 8.94. The third-order valence-corrected chi connectivity index (χ3v) is 6.85. The van der Waals surface area contributed by atoms with Gasteiger partial charge >= 0.3 is 0 Å². The van der Waals surface area contributed by atoms with Crippen molar-refractivity contribution in [2.45, 2.75) is 19.9 Å². The Bertz CT molecular complexity index is 1280. The number of aliphatic hydroxyl groups excluding tert-OH is 1. The maximum atomic E-state index is 13.2. The zero-order valence-corrected chi connectivity index (χ0v) is 20.9. The normalized spacial score (nSPS) is 17.5. The SMILES string of the molecule is CCN(CC)CCN1C(=O)C(=O)/C(=C(/O)c2ccc3cc(OC)ccc3c2)C1c1ccc(Cl)cc1. The van der Waals surface area contributed by atoms with Gasteiger partial charge in [-0.3, -0.25) is 9.59 Å². The Morgan fingerprint density at radius 2 is 1.66 bits per heavy atom. The predicted molar refractivity (Wildman–Crippen MR) is 139 cm³/mol. The van der Waals surface area contributed by atoms with Crippen LogP contribution in [0.25, 0.3) is 16.5 Å². The van der Waals surface area contributed by atoms with Crippen molar-refractivity contribution >= 4 is 39.8 Å². The molecule has 3 aromatic rings. The maximum absolute atomic E-state index is 13.2. The molecule has 0 saturated carbocycles. The summed E-state index contributed by atoms with van der Waals surface area (Å²) in [5.74, 6) is -0.747. The quantitative estimate of drug-likeness (QED) is 0.264. The highest BCUT2D eigenvalue weighted by atomic mass is 35.5. The minimum Gasteiger partial charge on any atom is -0.507 e. The number of likely N-dealkylation sites (N-methyl/N-ethyl adjacent to an activating group) is 1. The second kappa shape index (κ2) is 10.5. The van der Waals surface area contributed by atoms with Crippen molar-refractivity contribution < 1.29 is 19.4 Å². The van der Waals surface area contributed by atoms with Crippen LogP contribution in [-0.2, 0) is 9.59 Å². The molecule has 35 heavy (non-hydrogen) atoms. The van der Waals surface area contributed by atoms with E-state index < -0.39 is 17.7 Å². The van der Waals surface area contributed by atoms with Crippen molar-refractivity contribution in [2.75, 3.05) is 33.3 Å². The van der Waals surface area contributed by atoms with Crippen molar-refractivity contribution in [3.05, 3.63) is 82.4 Å². The van der Waals surface area contributed by atoms with Gasteiger partial charge in [-0.1, -0.05) is 55.8 Å². The van der Waals surface area contributed by atoms with Gasteiger partial charge in [0.2, 0.25) is 0 Å². The third-order valence-electron chi connectivity index (χ3n) is 6.60. The summed E-state index contributed by atoms with van der Waals surface area (Å²) < 4.78 is 5.29. The van der Waals surface area contributed by atoms with E-state index in [9.17, 15) is 14.7 Å². The van der Waals surface area contributed by atoms with Crippen LogP contribution in [0.5, 0.6) is 5.75 Å². The van der Waals surface area contributed by atoms with Crippen LogP contribution in [0.1, 0.15) is 31.0 Å². The second-order valence-electron chi connectivity index (χ2n) is 8.50. The topological polar surface area (TPSA) is 70.1 Å². The number of halogens is 1. The lowest BCUT2D eigenvalue weighted by Gasteiger charge is -2.28. The van der Waals surface area contributed by atoms with E-state index in [0.717, 1.165) is 35.2 Å². The number of ether oxygens (including phenoxy) is 1. The number of nitrogens with zero attached hydrogens (tertiary/aromatic N) is 2. The van der Waals surface area contributed by atoms with Gasteiger partial charge in [-0.25, -0.2) is 0 Å². The summed E-state index contributed by atoms with van der Waals surface area (Å²) in [5, 5.41) is 13.7. The van der Waals surface area contributed by atoms with Crippen LogP contribution in [0.3, 0.4) is 0 Å². The summed E-state index contributed by atoms with van der Waals surface area (Å²) in [4.78, 5) is 30.1. The number of benzene rings is 3. The Hall–Kier alpha value is -3.35. The molecule has 1 saturated heterocycles. The summed E-state index contributed by atoms with van der Waals surface area (Å²) in [5.41, 5.74) is 1.29. The van der Waals surface area contributed by atoms with Crippen LogP contribution in [0.2, 0.25) is 5.02 Å². The highest BCUT2D eigenvalue weighted by molar-refractivity contribution is 6.46. The van der Waals surface area contributed by atoms with E-state index in [4.69, 9.17) is 16.3 Å². The van der Waals surface area contributed by atoms with Gasteiger partial charge in [-0.05, 0) is 59.8 Å². The number of hydrogen-bond acceptors (Lipinski definition) is 5. The zero-order valence-electron chi connectivity index (χ0n) is 20.1.